The van der Waals surface area contributed by atoms with E-state index in [9.17, 15) is 0 Å². The predicted octanol–water partition coefficient (Wildman–Crippen LogP) is 3.29. The maximum atomic E-state index is 2.51. The Morgan fingerprint density at radius 2 is 2.00 bits per heavy atom. The van der Waals surface area contributed by atoms with Crippen molar-refractivity contribution in [2.24, 2.45) is 5.92 Å². The summed E-state index contributed by atoms with van der Waals surface area (Å²) < 4.78 is 0. The third kappa shape index (κ3) is 1.12. The second-order valence-electron chi connectivity index (χ2n) is 3.65. The SMILES string of the molecule is C1=C(C2CCC2)CCCC1. The second kappa shape index (κ2) is 2.77. The minimum atomic E-state index is 1.03. The number of allylic oxidation sites excluding steroid dienone is 2. The first-order valence-corrected chi connectivity index (χ1v) is 4.66. The van der Waals surface area contributed by atoms with Gasteiger partial charge in [-0.2, -0.15) is 0 Å². The van der Waals surface area contributed by atoms with E-state index in [0.717, 1.165) is 5.92 Å². The van der Waals surface area contributed by atoms with E-state index in [2.05, 4.69) is 6.08 Å². The molecule has 0 aromatic carbocycles. The quantitative estimate of drug-likeness (QED) is 0.485. The molecule has 0 N–H and O–H groups in total. The van der Waals surface area contributed by atoms with Gasteiger partial charge in [0.2, 0.25) is 0 Å². The highest BCUT2D eigenvalue weighted by Gasteiger charge is 2.21. The molecule has 10 heavy (non-hydrogen) atoms. The molecule has 0 atom stereocenters. The molecule has 0 aromatic heterocycles. The Balaban J connectivity index is 1.94. The molecular formula is C10H16. The van der Waals surface area contributed by atoms with Gasteiger partial charge >= 0.3 is 0 Å². The average Bonchev–Trinajstić information content (AvgIpc) is 1.86. The lowest BCUT2D eigenvalue weighted by atomic mass is 9.76. The van der Waals surface area contributed by atoms with Gasteiger partial charge in [-0.05, 0) is 44.4 Å². The fourth-order valence-corrected chi connectivity index (χ4v) is 2.01. The van der Waals surface area contributed by atoms with E-state index < -0.39 is 0 Å². The standard InChI is InChI=1S/C10H16/c1-2-5-9(6-3-1)10-7-4-8-10/h5,10H,1-4,6-8H2. The first-order valence-electron chi connectivity index (χ1n) is 4.66. The van der Waals surface area contributed by atoms with E-state index in [1.54, 1.807) is 5.57 Å². The van der Waals surface area contributed by atoms with Gasteiger partial charge in [-0.15, -0.1) is 0 Å². The van der Waals surface area contributed by atoms with E-state index in [1.165, 1.54) is 44.9 Å². The molecule has 0 amide bonds. The molecule has 0 radical (unpaired) electrons. The van der Waals surface area contributed by atoms with Gasteiger partial charge in [-0.1, -0.05) is 18.1 Å². The molecule has 0 spiro atoms. The lowest BCUT2D eigenvalue weighted by Gasteiger charge is -2.30. The van der Waals surface area contributed by atoms with Crippen molar-refractivity contribution in [3.63, 3.8) is 0 Å². The molecule has 0 nitrogen and oxygen atoms in total. The van der Waals surface area contributed by atoms with Crippen LogP contribution in [0.3, 0.4) is 0 Å². The lowest BCUT2D eigenvalue weighted by Crippen LogP contribution is -2.14. The van der Waals surface area contributed by atoms with Crippen LogP contribution in [0.1, 0.15) is 44.9 Å². The third-order valence-corrected chi connectivity index (χ3v) is 2.96. The molecule has 56 valence electrons. The maximum Gasteiger partial charge on any atom is -0.0203 e. The molecule has 1 saturated carbocycles. The van der Waals surface area contributed by atoms with Gasteiger partial charge in [0, 0.05) is 0 Å². The van der Waals surface area contributed by atoms with Crippen molar-refractivity contribution in [1.29, 1.82) is 0 Å². The summed E-state index contributed by atoms with van der Waals surface area (Å²) in [5.41, 5.74) is 1.80. The van der Waals surface area contributed by atoms with Crippen LogP contribution < -0.4 is 0 Å². The molecule has 0 aliphatic heterocycles. The van der Waals surface area contributed by atoms with E-state index in [1.807, 2.05) is 0 Å². The molecule has 1 fully saturated rings. The molecule has 2 rings (SSSR count). The Morgan fingerprint density at radius 1 is 1.10 bits per heavy atom. The van der Waals surface area contributed by atoms with Crippen LogP contribution in [-0.4, -0.2) is 0 Å². The minimum Gasteiger partial charge on any atom is -0.0851 e. The minimum absolute atomic E-state index is 1.03. The van der Waals surface area contributed by atoms with Crippen LogP contribution in [0.4, 0.5) is 0 Å². The van der Waals surface area contributed by atoms with Crippen molar-refractivity contribution in [3.8, 4) is 0 Å². The predicted molar refractivity (Wildman–Crippen MR) is 43.9 cm³/mol. The topological polar surface area (TPSA) is 0 Å². The fraction of sp³-hybridized carbons (Fsp3) is 0.800. The van der Waals surface area contributed by atoms with Crippen molar-refractivity contribution in [2.75, 3.05) is 0 Å². The monoisotopic (exact) mass is 136 g/mol. The molecule has 0 heterocycles. The van der Waals surface area contributed by atoms with E-state index >= 15 is 0 Å². The molecule has 0 bridgehead atoms. The first-order chi connectivity index (χ1) is 4.97. The van der Waals surface area contributed by atoms with Gasteiger partial charge in [0.05, 0.1) is 0 Å². The largest absolute Gasteiger partial charge is 0.0851 e. The summed E-state index contributed by atoms with van der Waals surface area (Å²) in [4.78, 5) is 0. The highest BCUT2D eigenvalue weighted by atomic mass is 14.3. The van der Waals surface area contributed by atoms with E-state index in [-0.39, 0.29) is 0 Å². The van der Waals surface area contributed by atoms with Crippen LogP contribution in [0, 0.1) is 5.92 Å². The van der Waals surface area contributed by atoms with Gasteiger partial charge in [-0.3, -0.25) is 0 Å². The van der Waals surface area contributed by atoms with Crippen molar-refractivity contribution < 1.29 is 0 Å². The van der Waals surface area contributed by atoms with Crippen LogP contribution in [0.5, 0.6) is 0 Å². The number of hydrogen-bond acceptors (Lipinski definition) is 0. The van der Waals surface area contributed by atoms with Gasteiger partial charge in [-0.25, -0.2) is 0 Å². The Morgan fingerprint density at radius 3 is 2.50 bits per heavy atom. The van der Waals surface area contributed by atoms with Crippen LogP contribution in [0.2, 0.25) is 0 Å². The summed E-state index contributed by atoms with van der Waals surface area (Å²) in [6.07, 6.45) is 12.7. The van der Waals surface area contributed by atoms with Gasteiger partial charge in [0.15, 0.2) is 0 Å². The summed E-state index contributed by atoms with van der Waals surface area (Å²) in [6.45, 7) is 0. The molecule has 0 unspecified atom stereocenters. The third-order valence-electron chi connectivity index (χ3n) is 2.96. The first kappa shape index (κ1) is 6.45. The van der Waals surface area contributed by atoms with Crippen molar-refractivity contribution in [1.82, 2.24) is 0 Å². The van der Waals surface area contributed by atoms with Crippen LogP contribution in [-0.2, 0) is 0 Å². The van der Waals surface area contributed by atoms with E-state index in [0.29, 0.717) is 0 Å². The smallest absolute Gasteiger partial charge is 0.0203 e. The van der Waals surface area contributed by atoms with Gasteiger partial charge in [0.1, 0.15) is 0 Å². The summed E-state index contributed by atoms with van der Waals surface area (Å²) >= 11 is 0. The summed E-state index contributed by atoms with van der Waals surface area (Å²) in [6, 6.07) is 0. The number of hydrogen-bond donors (Lipinski definition) is 0. The zero-order valence-corrected chi connectivity index (χ0v) is 6.60. The Bertz CT molecular complexity index is 140. The van der Waals surface area contributed by atoms with Gasteiger partial charge < -0.3 is 0 Å². The summed E-state index contributed by atoms with van der Waals surface area (Å²) in [7, 11) is 0. The van der Waals surface area contributed by atoms with Gasteiger partial charge in [0.25, 0.3) is 0 Å². The normalized spacial score (nSPS) is 27.4. The Kier molecular flexibility index (Phi) is 1.79. The lowest BCUT2D eigenvalue weighted by molar-refractivity contribution is 0.351. The second-order valence-corrected chi connectivity index (χ2v) is 3.65. The Hall–Kier alpha value is -0.260. The average molecular weight is 136 g/mol. The van der Waals surface area contributed by atoms with Crippen molar-refractivity contribution in [3.05, 3.63) is 11.6 Å². The molecule has 0 heteroatoms. The van der Waals surface area contributed by atoms with Crippen LogP contribution in [0.15, 0.2) is 11.6 Å². The van der Waals surface area contributed by atoms with Crippen molar-refractivity contribution in [2.45, 2.75) is 44.9 Å². The number of rotatable bonds is 1. The zero-order chi connectivity index (χ0) is 6.81. The summed E-state index contributed by atoms with van der Waals surface area (Å²) in [5, 5.41) is 0. The molecular weight excluding hydrogens is 120 g/mol. The molecule has 2 aliphatic rings. The maximum absolute atomic E-state index is 2.51. The molecule has 2 aliphatic carbocycles. The van der Waals surface area contributed by atoms with E-state index in [4.69, 9.17) is 0 Å². The van der Waals surface area contributed by atoms with Crippen LogP contribution >= 0.6 is 0 Å². The van der Waals surface area contributed by atoms with Crippen LogP contribution in [0.25, 0.3) is 0 Å². The molecule has 0 aromatic rings. The zero-order valence-electron chi connectivity index (χ0n) is 6.60. The fourth-order valence-electron chi connectivity index (χ4n) is 2.01. The highest BCUT2D eigenvalue weighted by Crippen LogP contribution is 2.37. The summed E-state index contributed by atoms with van der Waals surface area (Å²) in [5.74, 6) is 1.03. The Labute approximate surface area is 63.3 Å². The molecule has 0 saturated heterocycles. The highest BCUT2D eigenvalue weighted by molar-refractivity contribution is 5.11. The van der Waals surface area contributed by atoms with Crippen molar-refractivity contribution >= 4 is 0 Å².